The lowest BCUT2D eigenvalue weighted by molar-refractivity contribution is -0.146. The molecule has 3 rings (SSSR count). The zero-order valence-electron chi connectivity index (χ0n) is 17.5. The molecule has 26 heavy (non-hydrogen) atoms. The van der Waals surface area contributed by atoms with Gasteiger partial charge in [0, 0.05) is 18.9 Å². The van der Waals surface area contributed by atoms with Gasteiger partial charge in [-0.15, -0.1) is 0 Å². The average Bonchev–Trinajstić information content (AvgIpc) is 3.14. The van der Waals surface area contributed by atoms with Gasteiger partial charge in [-0.3, -0.25) is 0 Å². The van der Waals surface area contributed by atoms with Crippen molar-refractivity contribution in [3.63, 3.8) is 0 Å². The lowest BCUT2D eigenvalue weighted by Gasteiger charge is -2.31. The summed E-state index contributed by atoms with van der Waals surface area (Å²) in [6.07, 6.45) is 14.3. The van der Waals surface area contributed by atoms with Crippen LogP contribution in [0.4, 0.5) is 0 Å². The number of hydrogen-bond acceptors (Lipinski definition) is 3. The Morgan fingerprint density at radius 2 is 2.04 bits per heavy atom. The molecule has 4 atom stereocenters. The summed E-state index contributed by atoms with van der Waals surface area (Å²) >= 11 is 0. The fourth-order valence-electron chi connectivity index (χ4n) is 5.08. The number of rotatable bonds is 8. The highest BCUT2D eigenvalue weighted by Crippen LogP contribution is 2.51. The van der Waals surface area contributed by atoms with Crippen molar-refractivity contribution in [3.05, 3.63) is 11.8 Å². The maximum absolute atomic E-state index is 6.51. The Morgan fingerprint density at radius 3 is 2.77 bits per heavy atom. The summed E-state index contributed by atoms with van der Waals surface area (Å²) in [7, 11) is 0. The molecule has 2 saturated heterocycles. The second kappa shape index (κ2) is 8.65. The average molecular weight is 365 g/mol. The molecule has 1 aliphatic carbocycles. The van der Waals surface area contributed by atoms with Gasteiger partial charge in [-0.25, -0.2) is 0 Å². The van der Waals surface area contributed by atoms with E-state index in [-0.39, 0.29) is 11.9 Å². The molecule has 2 aliphatic heterocycles. The first-order valence-corrected chi connectivity index (χ1v) is 11.1. The number of allylic oxidation sites excluding steroid dienone is 2. The van der Waals surface area contributed by atoms with Crippen molar-refractivity contribution < 1.29 is 14.2 Å². The van der Waals surface area contributed by atoms with Crippen LogP contribution in [0.3, 0.4) is 0 Å². The van der Waals surface area contributed by atoms with Crippen LogP contribution in [0.15, 0.2) is 11.8 Å². The predicted octanol–water partition coefficient (Wildman–Crippen LogP) is 6.23. The van der Waals surface area contributed by atoms with Crippen molar-refractivity contribution in [2.75, 3.05) is 13.2 Å². The SMILES string of the molecule is CCCCC(C)(C)CC=C(OC1CCCCO1)[C@H]1CC[C@@]2(C)OCC[C@H]12. The van der Waals surface area contributed by atoms with Gasteiger partial charge in [0.2, 0.25) is 0 Å². The fraction of sp³-hybridized carbons (Fsp3) is 0.913. The molecule has 3 heteroatoms. The van der Waals surface area contributed by atoms with Crippen LogP contribution in [0, 0.1) is 17.3 Å². The number of fused-ring (bicyclic) bond motifs is 1. The Hall–Kier alpha value is -0.540. The van der Waals surface area contributed by atoms with E-state index in [1.165, 1.54) is 50.7 Å². The number of hydrogen-bond donors (Lipinski definition) is 0. The summed E-state index contributed by atoms with van der Waals surface area (Å²) in [4.78, 5) is 0. The summed E-state index contributed by atoms with van der Waals surface area (Å²) in [5.41, 5.74) is 0.407. The molecule has 0 radical (unpaired) electrons. The van der Waals surface area contributed by atoms with E-state index in [0.29, 0.717) is 17.3 Å². The molecule has 3 fully saturated rings. The van der Waals surface area contributed by atoms with Crippen LogP contribution < -0.4 is 0 Å². The molecule has 1 saturated carbocycles. The van der Waals surface area contributed by atoms with Crippen molar-refractivity contribution in [1.29, 1.82) is 0 Å². The maximum atomic E-state index is 6.51. The van der Waals surface area contributed by atoms with E-state index in [2.05, 4.69) is 33.8 Å². The van der Waals surface area contributed by atoms with E-state index < -0.39 is 0 Å². The number of unbranched alkanes of at least 4 members (excludes halogenated alkanes) is 1. The van der Waals surface area contributed by atoms with E-state index in [9.17, 15) is 0 Å². The molecular formula is C23H40O3. The van der Waals surface area contributed by atoms with E-state index in [4.69, 9.17) is 14.2 Å². The highest BCUT2D eigenvalue weighted by Gasteiger charge is 2.51. The molecule has 0 N–H and O–H groups in total. The minimum absolute atomic E-state index is 0.0390. The largest absolute Gasteiger partial charge is 0.469 e. The molecule has 0 bridgehead atoms. The zero-order chi connectivity index (χ0) is 18.6. The molecule has 150 valence electrons. The van der Waals surface area contributed by atoms with Gasteiger partial charge in [-0.2, -0.15) is 0 Å². The predicted molar refractivity (Wildman–Crippen MR) is 106 cm³/mol. The Labute approximate surface area is 160 Å². The van der Waals surface area contributed by atoms with Crippen LogP contribution in [0.1, 0.15) is 91.9 Å². The van der Waals surface area contributed by atoms with Crippen LogP contribution in [0.5, 0.6) is 0 Å². The van der Waals surface area contributed by atoms with Crippen LogP contribution in [0.2, 0.25) is 0 Å². The monoisotopic (exact) mass is 364 g/mol. The van der Waals surface area contributed by atoms with Crippen LogP contribution in [0.25, 0.3) is 0 Å². The Bertz CT molecular complexity index is 478. The van der Waals surface area contributed by atoms with E-state index >= 15 is 0 Å². The van der Waals surface area contributed by atoms with Gasteiger partial charge < -0.3 is 14.2 Å². The molecule has 2 heterocycles. The van der Waals surface area contributed by atoms with Gasteiger partial charge >= 0.3 is 0 Å². The Kier molecular flexibility index (Phi) is 6.72. The van der Waals surface area contributed by atoms with Gasteiger partial charge in [-0.05, 0) is 69.3 Å². The van der Waals surface area contributed by atoms with Crippen molar-refractivity contribution in [1.82, 2.24) is 0 Å². The molecule has 0 aromatic heterocycles. The zero-order valence-corrected chi connectivity index (χ0v) is 17.5. The normalized spacial score (nSPS) is 35.5. The van der Waals surface area contributed by atoms with E-state index in [1.807, 2.05) is 0 Å². The van der Waals surface area contributed by atoms with Gasteiger partial charge in [0.05, 0.1) is 18.0 Å². The number of ether oxygens (including phenoxy) is 3. The van der Waals surface area contributed by atoms with Gasteiger partial charge in [0.1, 0.15) is 0 Å². The Morgan fingerprint density at radius 1 is 1.19 bits per heavy atom. The third-order valence-corrected chi connectivity index (χ3v) is 6.92. The smallest absolute Gasteiger partial charge is 0.199 e. The van der Waals surface area contributed by atoms with Gasteiger partial charge in [-0.1, -0.05) is 33.6 Å². The van der Waals surface area contributed by atoms with Gasteiger partial charge in [0.25, 0.3) is 0 Å². The molecule has 0 aromatic carbocycles. The molecule has 0 amide bonds. The van der Waals surface area contributed by atoms with Crippen molar-refractivity contribution in [3.8, 4) is 0 Å². The van der Waals surface area contributed by atoms with E-state index in [0.717, 1.165) is 32.5 Å². The van der Waals surface area contributed by atoms with Gasteiger partial charge in [0.15, 0.2) is 6.29 Å². The molecular weight excluding hydrogens is 324 g/mol. The quantitative estimate of drug-likeness (QED) is 0.478. The molecule has 0 aromatic rings. The van der Waals surface area contributed by atoms with Crippen molar-refractivity contribution in [2.45, 2.75) is 104 Å². The first kappa shape index (κ1) is 20.2. The highest BCUT2D eigenvalue weighted by molar-refractivity contribution is 5.12. The molecule has 1 unspecified atom stereocenters. The summed E-state index contributed by atoms with van der Waals surface area (Å²) < 4.78 is 18.5. The van der Waals surface area contributed by atoms with Crippen LogP contribution >= 0.6 is 0 Å². The summed E-state index contributed by atoms with van der Waals surface area (Å²) in [6.45, 7) is 11.1. The Balaban J connectivity index is 1.72. The summed E-state index contributed by atoms with van der Waals surface area (Å²) in [5.74, 6) is 2.33. The topological polar surface area (TPSA) is 27.7 Å². The van der Waals surface area contributed by atoms with Crippen molar-refractivity contribution >= 4 is 0 Å². The third-order valence-electron chi connectivity index (χ3n) is 6.92. The van der Waals surface area contributed by atoms with Crippen molar-refractivity contribution in [2.24, 2.45) is 17.3 Å². The van der Waals surface area contributed by atoms with Crippen LogP contribution in [-0.2, 0) is 14.2 Å². The minimum Gasteiger partial charge on any atom is -0.469 e. The summed E-state index contributed by atoms with van der Waals surface area (Å²) in [5, 5.41) is 0. The van der Waals surface area contributed by atoms with Crippen LogP contribution in [-0.4, -0.2) is 25.1 Å². The highest BCUT2D eigenvalue weighted by atomic mass is 16.7. The lowest BCUT2D eigenvalue weighted by atomic mass is 9.81. The van der Waals surface area contributed by atoms with E-state index in [1.54, 1.807) is 0 Å². The minimum atomic E-state index is -0.0390. The maximum Gasteiger partial charge on any atom is 0.199 e. The summed E-state index contributed by atoms with van der Waals surface area (Å²) in [6, 6.07) is 0. The first-order chi connectivity index (χ1) is 12.4. The molecule has 0 spiro atoms. The second-order valence-electron chi connectivity index (χ2n) is 9.69. The fourth-order valence-corrected chi connectivity index (χ4v) is 5.08. The lowest BCUT2D eigenvalue weighted by Crippen LogP contribution is -2.30. The second-order valence-corrected chi connectivity index (χ2v) is 9.69. The third kappa shape index (κ3) is 4.84. The first-order valence-electron chi connectivity index (χ1n) is 11.1. The molecule has 3 aliphatic rings. The standard InChI is InChI=1S/C23H40O3/c1-5-6-13-22(2,3)14-11-20(26-21-9-7-8-16-24-21)18-10-15-23(4)19(18)12-17-25-23/h11,18-19,21H,5-10,12-17H2,1-4H3/t18-,19+,21?,23+/m0/s1. The molecule has 3 nitrogen and oxygen atoms in total.